The summed E-state index contributed by atoms with van der Waals surface area (Å²) in [4.78, 5) is 20.4. The lowest BCUT2D eigenvalue weighted by Crippen LogP contribution is -1.86. The minimum absolute atomic E-state index is 0. The van der Waals surface area contributed by atoms with E-state index in [0.717, 1.165) is 38.5 Å². The molecule has 15 heavy (non-hydrogen) atoms. The van der Waals surface area contributed by atoms with Gasteiger partial charge in [0, 0.05) is 12.8 Å². The van der Waals surface area contributed by atoms with Gasteiger partial charge in [0.05, 0.1) is 0 Å². The first-order chi connectivity index (χ1) is 6.54. The number of rotatable bonds is 6. The van der Waals surface area contributed by atoms with Crippen molar-refractivity contribution in [2.24, 2.45) is 0 Å². The summed E-state index contributed by atoms with van der Waals surface area (Å²) in [7, 11) is 0. The lowest BCUT2D eigenvalue weighted by molar-refractivity contribution is -0.117. The fourth-order valence-electron chi connectivity index (χ4n) is 0.851. The third kappa shape index (κ3) is 31.8. The molecule has 0 radical (unpaired) electrons. The van der Waals surface area contributed by atoms with Gasteiger partial charge in [-0.2, -0.15) is 0 Å². The topological polar surface area (TPSA) is 34.1 Å². The first-order valence-corrected chi connectivity index (χ1v) is 5.53. The number of hydrogen-bond donors (Lipinski definition) is 0. The number of hydrogen-bond acceptors (Lipinski definition) is 2. The summed E-state index contributed by atoms with van der Waals surface area (Å²) in [5.74, 6) is 0.615. The molecule has 0 heterocycles. The lowest BCUT2D eigenvalue weighted by Gasteiger charge is -1.86. The van der Waals surface area contributed by atoms with Crippen LogP contribution in [0.5, 0.6) is 0 Å². The molecule has 0 aliphatic heterocycles. The van der Waals surface area contributed by atoms with Crippen LogP contribution in [0.1, 0.15) is 73.6 Å². The van der Waals surface area contributed by atoms with Gasteiger partial charge in [-0.3, -0.25) is 0 Å². The minimum atomic E-state index is 0. The number of unbranched alkanes of at least 4 members (excludes halogenated alkanes) is 2. The Morgan fingerprint density at radius 2 is 1.07 bits per heavy atom. The Kier molecular flexibility index (Phi) is 20.9. The van der Waals surface area contributed by atoms with Gasteiger partial charge in [0.2, 0.25) is 0 Å². The van der Waals surface area contributed by atoms with Gasteiger partial charge in [0.25, 0.3) is 0 Å². The molecule has 2 nitrogen and oxygen atoms in total. The second kappa shape index (κ2) is 15.8. The average Bonchev–Trinajstić information content (AvgIpc) is 2.12. The van der Waals surface area contributed by atoms with Gasteiger partial charge in [0.1, 0.15) is 11.6 Å². The molecule has 0 aliphatic carbocycles. The van der Waals surface area contributed by atoms with Gasteiger partial charge in [0.15, 0.2) is 0 Å². The van der Waals surface area contributed by atoms with E-state index in [4.69, 9.17) is 0 Å². The summed E-state index contributed by atoms with van der Waals surface area (Å²) in [6, 6.07) is 0. The van der Waals surface area contributed by atoms with E-state index in [2.05, 4.69) is 13.8 Å². The molecule has 0 saturated heterocycles. The molecule has 0 atom stereocenters. The van der Waals surface area contributed by atoms with Crippen molar-refractivity contribution in [2.75, 3.05) is 0 Å². The van der Waals surface area contributed by atoms with Crippen LogP contribution in [-0.4, -0.2) is 11.6 Å². The molecular weight excluding hydrogens is 188 g/mol. The van der Waals surface area contributed by atoms with Crippen molar-refractivity contribution in [1.82, 2.24) is 0 Å². The van der Waals surface area contributed by atoms with Crippen LogP contribution in [-0.2, 0) is 9.59 Å². The molecule has 0 aromatic rings. The Morgan fingerprint density at radius 3 is 1.13 bits per heavy atom. The van der Waals surface area contributed by atoms with Crippen molar-refractivity contribution in [1.29, 1.82) is 0 Å². The van der Waals surface area contributed by atoms with Crippen LogP contribution in [0.25, 0.3) is 0 Å². The standard InChI is InChI=1S/2C6H12O.CH4/c2*1-3-4-5-6(2)7;/h2*3-5H2,1-2H3;1H4. The molecule has 0 saturated carbocycles. The zero-order valence-corrected chi connectivity index (χ0v) is 10.1. The van der Waals surface area contributed by atoms with Crippen LogP contribution in [0.15, 0.2) is 0 Å². The molecular formula is C13H28O2. The van der Waals surface area contributed by atoms with E-state index in [1.807, 2.05) is 0 Å². The molecule has 2 heteroatoms. The Morgan fingerprint density at radius 1 is 0.800 bits per heavy atom. The van der Waals surface area contributed by atoms with Gasteiger partial charge in [-0.05, 0) is 26.7 Å². The smallest absolute Gasteiger partial charge is 0.129 e. The highest BCUT2D eigenvalue weighted by Gasteiger charge is 1.88. The highest BCUT2D eigenvalue weighted by atomic mass is 16.1. The molecule has 0 N–H and O–H groups in total. The zero-order valence-electron chi connectivity index (χ0n) is 10.1. The Labute approximate surface area is 95.5 Å². The van der Waals surface area contributed by atoms with Crippen LogP contribution in [0, 0.1) is 0 Å². The second-order valence-corrected chi connectivity index (χ2v) is 3.61. The maximum Gasteiger partial charge on any atom is 0.129 e. The van der Waals surface area contributed by atoms with Crippen LogP contribution in [0.2, 0.25) is 0 Å². The molecule has 92 valence electrons. The maximum atomic E-state index is 10.2. The second-order valence-electron chi connectivity index (χ2n) is 3.61. The highest BCUT2D eigenvalue weighted by molar-refractivity contribution is 5.75. The fourth-order valence-corrected chi connectivity index (χ4v) is 0.851. The van der Waals surface area contributed by atoms with E-state index in [9.17, 15) is 9.59 Å². The van der Waals surface area contributed by atoms with Crippen molar-refractivity contribution in [3.05, 3.63) is 0 Å². The van der Waals surface area contributed by atoms with Crippen LogP contribution < -0.4 is 0 Å². The summed E-state index contributed by atoms with van der Waals surface area (Å²) in [6.45, 7) is 7.44. The number of Topliss-reactive ketones (excluding diaryl/α,β-unsaturated/α-hetero) is 2. The van der Waals surface area contributed by atoms with Gasteiger partial charge in [-0.1, -0.05) is 34.1 Å². The molecule has 0 aromatic heterocycles. The molecule has 0 unspecified atom stereocenters. The average molecular weight is 216 g/mol. The number of carbonyl (C=O) groups excluding carboxylic acids is 2. The normalized spacial score (nSPS) is 8.27. The van der Waals surface area contributed by atoms with E-state index in [1.54, 1.807) is 13.8 Å². The van der Waals surface area contributed by atoms with Crippen molar-refractivity contribution in [3.63, 3.8) is 0 Å². The van der Waals surface area contributed by atoms with Crippen molar-refractivity contribution in [3.8, 4) is 0 Å². The summed E-state index contributed by atoms with van der Waals surface area (Å²) in [5.41, 5.74) is 0. The number of carbonyl (C=O) groups is 2. The molecule has 0 rings (SSSR count). The SMILES string of the molecule is C.CCCCC(C)=O.CCCCC(C)=O. The molecule has 0 fully saturated rings. The Balaban J connectivity index is -0.000000180. The van der Waals surface area contributed by atoms with Gasteiger partial charge >= 0.3 is 0 Å². The van der Waals surface area contributed by atoms with Crippen molar-refractivity contribution < 1.29 is 9.59 Å². The van der Waals surface area contributed by atoms with E-state index >= 15 is 0 Å². The van der Waals surface area contributed by atoms with E-state index in [1.165, 1.54) is 0 Å². The quantitative estimate of drug-likeness (QED) is 0.668. The maximum absolute atomic E-state index is 10.2. The predicted octanol–water partition coefficient (Wildman–Crippen LogP) is 4.17. The fraction of sp³-hybridized carbons (Fsp3) is 0.846. The van der Waals surface area contributed by atoms with E-state index in [-0.39, 0.29) is 7.43 Å². The minimum Gasteiger partial charge on any atom is -0.300 e. The van der Waals surface area contributed by atoms with E-state index in [0.29, 0.717) is 11.6 Å². The highest BCUT2D eigenvalue weighted by Crippen LogP contribution is 1.93. The third-order valence-corrected chi connectivity index (χ3v) is 1.76. The monoisotopic (exact) mass is 216 g/mol. The molecule has 0 amide bonds. The van der Waals surface area contributed by atoms with Crippen LogP contribution in [0.4, 0.5) is 0 Å². The zero-order chi connectivity index (χ0) is 11.4. The predicted molar refractivity (Wildman–Crippen MR) is 67.1 cm³/mol. The summed E-state index contributed by atoms with van der Waals surface area (Å²) in [5, 5.41) is 0. The van der Waals surface area contributed by atoms with Crippen LogP contribution >= 0.6 is 0 Å². The molecule has 0 aliphatic rings. The molecule has 0 aromatic carbocycles. The first-order valence-electron chi connectivity index (χ1n) is 5.53. The Hall–Kier alpha value is -0.660. The largest absolute Gasteiger partial charge is 0.300 e. The Bertz CT molecular complexity index is 133. The lowest BCUT2D eigenvalue weighted by atomic mass is 10.2. The number of ketones is 2. The van der Waals surface area contributed by atoms with E-state index < -0.39 is 0 Å². The van der Waals surface area contributed by atoms with Gasteiger partial charge < -0.3 is 9.59 Å². The van der Waals surface area contributed by atoms with Crippen LogP contribution in [0.3, 0.4) is 0 Å². The molecule has 0 bridgehead atoms. The van der Waals surface area contributed by atoms with Crippen molar-refractivity contribution >= 4 is 11.6 Å². The molecule has 0 spiro atoms. The van der Waals surface area contributed by atoms with Gasteiger partial charge in [-0.15, -0.1) is 0 Å². The third-order valence-electron chi connectivity index (χ3n) is 1.76. The summed E-state index contributed by atoms with van der Waals surface area (Å²) < 4.78 is 0. The van der Waals surface area contributed by atoms with Gasteiger partial charge in [-0.25, -0.2) is 0 Å². The van der Waals surface area contributed by atoms with Crippen molar-refractivity contribution in [2.45, 2.75) is 73.6 Å². The first kappa shape index (κ1) is 19.8. The summed E-state index contributed by atoms with van der Waals surface area (Å²) >= 11 is 0. The summed E-state index contributed by atoms with van der Waals surface area (Å²) in [6.07, 6.45) is 5.87.